The molecule has 330 valence electrons. The molecule has 3 heterocycles. The lowest BCUT2D eigenvalue weighted by Gasteiger charge is -2.41. The predicted octanol–water partition coefficient (Wildman–Crippen LogP) is 8.16. The number of ether oxygens (including phenoxy) is 5. The average Bonchev–Trinajstić information content (AvgIpc) is 3.79. The first kappa shape index (κ1) is 45.5. The van der Waals surface area contributed by atoms with E-state index in [2.05, 4.69) is 48.7 Å². The highest BCUT2D eigenvalue weighted by Crippen LogP contribution is 2.56. The predicted molar refractivity (Wildman–Crippen MR) is 239 cm³/mol. The maximum Gasteiger partial charge on any atom is 0.351 e. The number of fused-ring (bicyclic) bond motifs is 2. The van der Waals surface area contributed by atoms with Crippen LogP contribution in [0.15, 0.2) is 120 Å². The second-order valence-electron chi connectivity index (χ2n) is 16.0. The number of nitriles is 1. The minimum atomic E-state index is -1.80. The number of anilines is 1. The van der Waals surface area contributed by atoms with E-state index in [0.29, 0.717) is 22.6 Å². The molecule has 4 aromatic carbocycles. The maximum atomic E-state index is 14.1. The van der Waals surface area contributed by atoms with Crippen molar-refractivity contribution in [3.63, 3.8) is 0 Å². The normalized spacial score (nSPS) is 19.9. The number of hydrogen-bond donors (Lipinski definition) is 1. The largest absolute Gasteiger partial charge is 0.497 e. The number of methoxy groups -OCH3 is 2. The molecule has 2 unspecified atom stereocenters. The van der Waals surface area contributed by atoms with Gasteiger partial charge in [-0.1, -0.05) is 72.8 Å². The molecule has 0 saturated carbocycles. The standard InChI is InChI=1S/C48H54N5O9P/c1-32(2)53(33(3)4)63(60-28-14-27-49)62-42-41-45(52-29-34(5)43(51-46(52)55)50-44(54)35-15-10-8-11-16-35)61-47(42,30-58-41)31-59-48(36-17-12-9-13-18-36,37-19-23-39(56-6)24-20-37)38-21-25-40(57-7)26-22-38/h8-13,15-26,29,32-33,41-42,45H,14,28,30-31H2,1-7H3,(H,50,51,54,55)/t41?,42-,45-,47-,63?/m1/s1. The smallest absolute Gasteiger partial charge is 0.351 e. The van der Waals surface area contributed by atoms with Crippen LogP contribution in [0.25, 0.3) is 0 Å². The van der Waals surface area contributed by atoms with Gasteiger partial charge in [-0.25, -0.2) is 9.46 Å². The van der Waals surface area contributed by atoms with Gasteiger partial charge in [-0.2, -0.15) is 10.2 Å². The topological polar surface area (TPSA) is 156 Å². The van der Waals surface area contributed by atoms with Crippen LogP contribution in [0.3, 0.4) is 0 Å². The third-order valence-electron chi connectivity index (χ3n) is 11.2. The number of nitrogens with zero attached hydrogens (tertiary/aromatic N) is 4. The van der Waals surface area contributed by atoms with E-state index in [1.54, 1.807) is 51.6 Å². The Balaban J connectivity index is 1.33. The molecule has 1 amide bonds. The number of carbonyl (C=O) groups excluding carboxylic acids is 1. The van der Waals surface area contributed by atoms with Gasteiger partial charge in [0.05, 0.1) is 46.5 Å². The van der Waals surface area contributed by atoms with Gasteiger partial charge in [-0.05, 0) is 87.7 Å². The van der Waals surface area contributed by atoms with Crippen LogP contribution in [-0.2, 0) is 28.9 Å². The van der Waals surface area contributed by atoms with Crippen molar-refractivity contribution in [3.8, 4) is 17.6 Å². The summed E-state index contributed by atoms with van der Waals surface area (Å²) in [6, 6.07) is 36.3. The Hall–Kier alpha value is -5.49. The molecule has 0 aliphatic carbocycles. The van der Waals surface area contributed by atoms with Crippen molar-refractivity contribution in [2.75, 3.05) is 39.4 Å². The number of benzene rings is 4. The first-order valence-electron chi connectivity index (χ1n) is 20.9. The highest BCUT2D eigenvalue weighted by molar-refractivity contribution is 7.44. The Morgan fingerprint density at radius 2 is 1.49 bits per heavy atom. The molecule has 5 aromatic rings. The summed E-state index contributed by atoms with van der Waals surface area (Å²) >= 11 is 0. The number of amides is 1. The number of rotatable bonds is 19. The van der Waals surface area contributed by atoms with Crippen molar-refractivity contribution in [3.05, 3.63) is 154 Å². The van der Waals surface area contributed by atoms with Gasteiger partial charge >= 0.3 is 5.69 Å². The van der Waals surface area contributed by atoms with Gasteiger partial charge < -0.3 is 38.0 Å². The summed E-state index contributed by atoms with van der Waals surface area (Å²) in [5, 5.41) is 12.2. The van der Waals surface area contributed by atoms with Crippen molar-refractivity contribution >= 4 is 20.3 Å². The van der Waals surface area contributed by atoms with Gasteiger partial charge in [-0.3, -0.25) is 9.36 Å². The number of aromatic nitrogens is 2. The fraction of sp³-hybridized carbons (Fsp3) is 0.375. The van der Waals surface area contributed by atoms with Crippen molar-refractivity contribution in [1.29, 1.82) is 5.26 Å². The fourth-order valence-corrected chi connectivity index (χ4v) is 10.0. The molecule has 14 nitrogen and oxygen atoms in total. The van der Waals surface area contributed by atoms with E-state index < -0.39 is 49.8 Å². The van der Waals surface area contributed by atoms with Crippen LogP contribution in [0.4, 0.5) is 5.82 Å². The summed E-state index contributed by atoms with van der Waals surface area (Å²) in [5.74, 6) is 1.10. The number of carbonyl (C=O) groups is 1. The highest BCUT2D eigenvalue weighted by Gasteiger charge is 2.65. The van der Waals surface area contributed by atoms with Gasteiger partial charge in [0.1, 0.15) is 40.7 Å². The summed E-state index contributed by atoms with van der Waals surface area (Å²) in [6.07, 6.45) is -0.890. The molecule has 2 aliphatic heterocycles. The van der Waals surface area contributed by atoms with E-state index in [0.717, 1.165) is 16.7 Å². The molecule has 5 atom stereocenters. The average molecular weight is 876 g/mol. The van der Waals surface area contributed by atoms with E-state index in [9.17, 15) is 14.9 Å². The highest BCUT2D eigenvalue weighted by atomic mass is 31.2. The molecule has 7 rings (SSSR count). The molecular formula is C48H54N5O9P. The van der Waals surface area contributed by atoms with Crippen molar-refractivity contribution in [2.45, 2.75) is 82.8 Å². The molecular weight excluding hydrogens is 822 g/mol. The lowest BCUT2D eigenvalue weighted by atomic mass is 9.79. The third-order valence-corrected chi connectivity index (χ3v) is 13.3. The quantitative estimate of drug-likeness (QED) is 0.0484. The van der Waals surface area contributed by atoms with Crippen molar-refractivity contribution in [2.24, 2.45) is 0 Å². The maximum absolute atomic E-state index is 14.1. The van der Waals surface area contributed by atoms with Crippen molar-refractivity contribution < 1.29 is 37.5 Å². The van der Waals surface area contributed by atoms with Crippen LogP contribution in [0.2, 0.25) is 0 Å². The lowest BCUT2D eigenvalue weighted by Crippen LogP contribution is -2.49. The Morgan fingerprint density at radius 1 is 0.921 bits per heavy atom. The Morgan fingerprint density at radius 3 is 2.05 bits per heavy atom. The molecule has 63 heavy (non-hydrogen) atoms. The summed E-state index contributed by atoms with van der Waals surface area (Å²) < 4.78 is 49.3. The Bertz CT molecular complexity index is 2360. The molecule has 2 aliphatic rings. The summed E-state index contributed by atoms with van der Waals surface area (Å²) in [7, 11) is 1.44. The van der Waals surface area contributed by atoms with E-state index >= 15 is 0 Å². The number of hydrogen-bond acceptors (Lipinski definition) is 12. The molecule has 1 N–H and O–H groups in total. The zero-order valence-corrected chi connectivity index (χ0v) is 37.5. The van der Waals surface area contributed by atoms with Crippen LogP contribution >= 0.6 is 8.53 Å². The molecule has 0 radical (unpaired) electrons. The minimum absolute atomic E-state index is 0.00562. The molecule has 2 saturated heterocycles. The first-order valence-corrected chi connectivity index (χ1v) is 22.1. The first-order chi connectivity index (χ1) is 30.4. The second kappa shape index (κ2) is 19.9. The lowest BCUT2D eigenvalue weighted by molar-refractivity contribution is -0.203. The van der Waals surface area contributed by atoms with Crippen LogP contribution in [0.5, 0.6) is 11.5 Å². The van der Waals surface area contributed by atoms with Gasteiger partial charge in [0.25, 0.3) is 14.4 Å². The molecule has 0 spiro atoms. The number of nitrogens with one attached hydrogen (secondary N) is 1. The van der Waals surface area contributed by atoms with Gasteiger partial charge in [-0.15, -0.1) is 0 Å². The summed E-state index contributed by atoms with van der Waals surface area (Å²) in [5.41, 5.74) is 0.248. The van der Waals surface area contributed by atoms with E-state index in [1.807, 2.05) is 84.9 Å². The zero-order valence-electron chi connectivity index (χ0n) is 36.6. The Kier molecular flexibility index (Phi) is 14.4. The monoisotopic (exact) mass is 875 g/mol. The van der Waals surface area contributed by atoms with E-state index in [1.165, 1.54) is 4.57 Å². The van der Waals surface area contributed by atoms with Crippen LogP contribution in [-0.4, -0.2) is 84.1 Å². The Labute approximate surface area is 369 Å². The molecule has 1 aromatic heterocycles. The molecule has 2 fully saturated rings. The minimum Gasteiger partial charge on any atom is -0.497 e. The van der Waals surface area contributed by atoms with E-state index in [-0.39, 0.29) is 44.1 Å². The van der Waals surface area contributed by atoms with Gasteiger partial charge in [0.2, 0.25) is 0 Å². The fourth-order valence-electron chi connectivity index (χ4n) is 8.22. The van der Waals surface area contributed by atoms with Gasteiger partial charge in [0.15, 0.2) is 6.23 Å². The zero-order chi connectivity index (χ0) is 44.7. The SMILES string of the molecule is COc1ccc(C(OC[C@@]23COC([C@H](n4cc(C)c(NC(=O)c5ccccc5)nc4=O)O2)[C@H]3OP(OCCC#N)N(C(C)C)C(C)C)(c2ccccc2)c2ccc(OC)cc2)cc1. The summed E-state index contributed by atoms with van der Waals surface area (Å²) in [6.45, 7) is 10.1. The third kappa shape index (κ3) is 9.42. The van der Waals surface area contributed by atoms with Crippen LogP contribution < -0.4 is 20.5 Å². The summed E-state index contributed by atoms with van der Waals surface area (Å²) in [4.78, 5) is 31.5. The van der Waals surface area contributed by atoms with Crippen LogP contribution in [0.1, 0.15) is 73.0 Å². The second-order valence-corrected chi connectivity index (χ2v) is 17.4. The molecule has 2 bridgehead atoms. The van der Waals surface area contributed by atoms with E-state index in [4.69, 9.17) is 32.7 Å². The molecule has 15 heteroatoms. The van der Waals surface area contributed by atoms with Gasteiger partial charge in [0, 0.05) is 29.4 Å². The van der Waals surface area contributed by atoms with Crippen LogP contribution in [0, 0.1) is 18.3 Å². The van der Waals surface area contributed by atoms with Crippen molar-refractivity contribution in [1.82, 2.24) is 14.2 Å². The number of aryl methyl sites for hydroxylation is 1.